The third-order valence-corrected chi connectivity index (χ3v) is 3.48. The first-order valence-corrected chi connectivity index (χ1v) is 5.41. The van der Waals surface area contributed by atoms with E-state index in [0.717, 1.165) is 11.4 Å². The third kappa shape index (κ3) is 1.51. The van der Waals surface area contributed by atoms with Gasteiger partial charge in [0.15, 0.2) is 0 Å². The van der Waals surface area contributed by atoms with E-state index in [4.69, 9.17) is 9.68 Å². The standard InChI is InChI=1S/C11H19N3O2/c1-8-9(7-12-13(8)6)14-15-10(2,3)11(4,5)16-14/h7H,1-6H3. The molecule has 0 atom stereocenters. The topological polar surface area (TPSA) is 39.5 Å². The Hall–Kier alpha value is -1.07. The van der Waals surface area contributed by atoms with Crippen LogP contribution < -0.4 is 5.23 Å². The summed E-state index contributed by atoms with van der Waals surface area (Å²) in [4.78, 5) is 11.6. The van der Waals surface area contributed by atoms with Gasteiger partial charge in [0.05, 0.1) is 11.9 Å². The summed E-state index contributed by atoms with van der Waals surface area (Å²) in [5.41, 5.74) is 1.12. The van der Waals surface area contributed by atoms with E-state index in [-0.39, 0.29) is 11.2 Å². The summed E-state index contributed by atoms with van der Waals surface area (Å²) < 4.78 is 1.79. The molecular formula is C11H19N3O2. The van der Waals surface area contributed by atoms with Crippen LogP contribution in [0.15, 0.2) is 6.20 Å². The number of rotatable bonds is 1. The Labute approximate surface area is 95.8 Å². The zero-order valence-electron chi connectivity index (χ0n) is 10.7. The lowest BCUT2D eigenvalue weighted by atomic mass is 9.90. The molecule has 1 aromatic rings. The van der Waals surface area contributed by atoms with Crippen LogP contribution in [-0.4, -0.2) is 21.0 Å². The number of aromatic nitrogens is 2. The molecule has 0 amide bonds. The Kier molecular flexibility index (Phi) is 2.29. The number of aryl methyl sites for hydroxylation is 1. The van der Waals surface area contributed by atoms with Crippen molar-refractivity contribution in [2.75, 3.05) is 5.23 Å². The van der Waals surface area contributed by atoms with E-state index in [1.807, 2.05) is 41.7 Å². The maximum absolute atomic E-state index is 5.80. The van der Waals surface area contributed by atoms with Gasteiger partial charge in [0.2, 0.25) is 0 Å². The second-order valence-corrected chi connectivity index (χ2v) is 5.20. The maximum Gasteiger partial charge on any atom is 0.136 e. The summed E-state index contributed by atoms with van der Waals surface area (Å²) in [5.74, 6) is 0. The summed E-state index contributed by atoms with van der Waals surface area (Å²) >= 11 is 0. The maximum atomic E-state index is 5.80. The van der Waals surface area contributed by atoms with Crippen molar-refractivity contribution in [3.05, 3.63) is 11.9 Å². The van der Waals surface area contributed by atoms with Crippen molar-refractivity contribution in [2.45, 2.75) is 45.8 Å². The highest BCUT2D eigenvalue weighted by Gasteiger charge is 2.50. The quantitative estimate of drug-likeness (QED) is 0.732. The second kappa shape index (κ2) is 3.21. The molecule has 1 aliphatic heterocycles. The summed E-state index contributed by atoms with van der Waals surface area (Å²) in [6.07, 6.45) is 1.74. The molecule has 0 radical (unpaired) electrons. The van der Waals surface area contributed by atoms with E-state index in [1.54, 1.807) is 10.9 Å². The molecule has 0 aromatic carbocycles. The van der Waals surface area contributed by atoms with Crippen LogP contribution in [0.3, 0.4) is 0 Å². The number of anilines is 1. The van der Waals surface area contributed by atoms with Crippen LogP contribution in [0.25, 0.3) is 0 Å². The Balaban J connectivity index is 2.30. The molecule has 2 heterocycles. The molecule has 0 saturated carbocycles. The molecule has 2 rings (SSSR count). The molecule has 1 saturated heterocycles. The Morgan fingerprint density at radius 3 is 2.00 bits per heavy atom. The van der Waals surface area contributed by atoms with Crippen LogP contribution in [0.2, 0.25) is 0 Å². The van der Waals surface area contributed by atoms with Gasteiger partial charge in [-0.1, -0.05) is 0 Å². The van der Waals surface area contributed by atoms with Crippen molar-refractivity contribution in [3.63, 3.8) is 0 Å². The zero-order chi connectivity index (χ0) is 12.1. The number of nitrogens with zero attached hydrogens (tertiary/aromatic N) is 3. The molecule has 0 unspecified atom stereocenters. The summed E-state index contributed by atoms with van der Waals surface area (Å²) in [7, 11) is 1.89. The van der Waals surface area contributed by atoms with Crippen molar-refractivity contribution >= 4 is 5.69 Å². The van der Waals surface area contributed by atoms with Crippen LogP contribution in [-0.2, 0) is 16.7 Å². The SMILES string of the molecule is Cc1c(N2OC(C)(C)C(C)(C)O2)cnn1C. The summed E-state index contributed by atoms with van der Waals surface area (Å²) in [6.45, 7) is 10.0. The van der Waals surface area contributed by atoms with Gasteiger partial charge in [0.1, 0.15) is 16.9 Å². The van der Waals surface area contributed by atoms with Gasteiger partial charge >= 0.3 is 0 Å². The molecule has 0 aliphatic carbocycles. The first-order chi connectivity index (χ1) is 7.24. The van der Waals surface area contributed by atoms with Crippen LogP contribution >= 0.6 is 0 Å². The van der Waals surface area contributed by atoms with E-state index in [9.17, 15) is 0 Å². The van der Waals surface area contributed by atoms with Gasteiger partial charge in [-0.3, -0.25) is 4.68 Å². The van der Waals surface area contributed by atoms with Gasteiger partial charge in [-0.25, -0.2) is 9.68 Å². The Morgan fingerprint density at radius 2 is 1.62 bits per heavy atom. The van der Waals surface area contributed by atoms with Gasteiger partial charge in [-0.2, -0.15) is 5.10 Å². The van der Waals surface area contributed by atoms with Crippen molar-refractivity contribution in [3.8, 4) is 0 Å². The van der Waals surface area contributed by atoms with E-state index < -0.39 is 0 Å². The lowest BCUT2D eigenvalue weighted by molar-refractivity contribution is -0.0275. The highest BCUT2D eigenvalue weighted by atomic mass is 17.0. The lowest BCUT2D eigenvalue weighted by Gasteiger charge is -2.26. The summed E-state index contributed by atoms with van der Waals surface area (Å²) in [5, 5.41) is 5.65. The highest BCUT2D eigenvalue weighted by Crippen LogP contribution is 2.40. The van der Waals surface area contributed by atoms with E-state index in [0.29, 0.717) is 0 Å². The fourth-order valence-electron chi connectivity index (χ4n) is 1.42. The third-order valence-electron chi connectivity index (χ3n) is 3.48. The fraction of sp³-hybridized carbons (Fsp3) is 0.727. The Bertz CT molecular complexity index is 393. The highest BCUT2D eigenvalue weighted by molar-refractivity contribution is 5.45. The molecule has 16 heavy (non-hydrogen) atoms. The molecule has 1 aromatic heterocycles. The smallest absolute Gasteiger partial charge is 0.136 e. The van der Waals surface area contributed by atoms with E-state index in [2.05, 4.69) is 5.10 Å². The molecular weight excluding hydrogens is 206 g/mol. The van der Waals surface area contributed by atoms with Crippen LogP contribution in [0.5, 0.6) is 0 Å². The van der Waals surface area contributed by atoms with Crippen molar-refractivity contribution in [2.24, 2.45) is 7.05 Å². The zero-order valence-corrected chi connectivity index (χ0v) is 10.7. The van der Waals surface area contributed by atoms with Crippen molar-refractivity contribution in [1.29, 1.82) is 0 Å². The largest absolute Gasteiger partial charge is 0.271 e. The Morgan fingerprint density at radius 1 is 1.12 bits per heavy atom. The molecule has 0 bridgehead atoms. The molecule has 1 fully saturated rings. The van der Waals surface area contributed by atoms with E-state index >= 15 is 0 Å². The minimum atomic E-state index is -0.366. The van der Waals surface area contributed by atoms with Gasteiger partial charge < -0.3 is 0 Å². The minimum absolute atomic E-state index is 0.366. The average Bonchev–Trinajstić information content (AvgIpc) is 2.54. The van der Waals surface area contributed by atoms with E-state index in [1.165, 1.54) is 5.23 Å². The predicted molar refractivity (Wildman–Crippen MR) is 60.8 cm³/mol. The molecule has 5 heteroatoms. The molecule has 5 nitrogen and oxygen atoms in total. The lowest BCUT2D eigenvalue weighted by Crippen LogP contribution is -2.41. The molecule has 90 valence electrons. The van der Waals surface area contributed by atoms with Crippen LogP contribution in [0, 0.1) is 6.92 Å². The van der Waals surface area contributed by atoms with Gasteiger partial charge in [-0.05, 0) is 34.6 Å². The molecule has 1 aliphatic rings. The van der Waals surface area contributed by atoms with Crippen molar-refractivity contribution in [1.82, 2.24) is 9.78 Å². The first kappa shape index (κ1) is 11.4. The first-order valence-electron chi connectivity index (χ1n) is 5.41. The van der Waals surface area contributed by atoms with Gasteiger partial charge in [0.25, 0.3) is 0 Å². The monoisotopic (exact) mass is 225 g/mol. The normalized spacial score (nSPS) is 22.8. The molecule has 0 N–H and O–H groups in total. The number of hydrogen-bond acceptors (Lipinski definition) is 4. The average molecular weight is 225 g/mol. The predicted octanol–water partition coefficient (Wildman–Crippen LogP) is 1.97. The van der Waals surface area contributed by atoms with Crippen molar-refractivity contribution < 1.29 is 9.68 Å². The number of hydrogen-bond donors (Lipinski definition) is 0. The second-order valence-electron chi connectivity index (χ2n) is 5.20. The summed E-state index contributed by atoms with van der Waals surface area (Å²) in [6, 6.07) is 0. The fourth-order valence-corrected chi connectivity index (χ4v) is 1.42. The minimum Gasteiger partial charge on any atom is -0.271 e. The van der Waals surface area contributed by atoms with Gasteiger partial charge in [0, 0.05) is 7.05 Å². The molecule has 0 spiro atoms. The van der Waals surface area contributed by atoms with Crippen LogP contribution in [0.1, 0.15) is 33.4 Å². The van der Waals surface area contributed by atoms with Crippen LogP contribution in [0.4, 0.5) is 5.69 Å². The van der Waals surface area contributed by atoms with Gasteiger partial charge in [-0.15, -0.1) is 5.23 Å².